The van der Waals surface area contributed by atoms with Gasteiger partial charge in [0.05, 0.1) is 66.4 Å². The number of benzene rings is 5. The lowest BCUT2D eigenvalue weighted by Gasteiger charge is -2.31. The average Bonchev–Trinajstić information content (AvgIpc) is 2.39. The number of aldehydes is 1. The van der Waals surface area contributed by atoms with Crippen molar-refractivity contribution in [2.75, 3.05) is 20.8 Å². The molecular formula is C69H92F4N4O14S. The third kappa shape index (κ3) is 28.9. The number of ether oxygens (including phenoxy) is 5. The fourth-order valence-corrected chi connectivity index (χ4v) is 11.1. The fourth-order valence-electron chi connectivity index (χ4n) is 9.93. The average molecular weight is 1310 g/mol. The Bertz CT molecular complexity index is 3090. The van der Waals surface area contributed by atoms with Crippen molar-refractivity contribution in [1.82, 2.24) is 5.32 Å². The molecule has 5 aromatic carbocycles. The Kier molecular flexibility index (Phi) is 32.1. The molecule has 0 atom stereocenters. The lowest BCUT2D eigenvalue weighted by Crippen LogP contribution is -2.52. The molecule has 2 amide bonds. The van der Waals surface area contributed by atoms with Gasteiger partial charge in [-0.15, -0.1) is 0 Å². The summed E-state index contributed by atoms with van der Waals surface area (Å²) in [6, 6.07) is 29.8. The Morgan fingerprint density at radius 2 is 0.848 bits per heavy atom. The second-order valence-electron chi connectivity index (χ2n) is 24.3. The van der Waals surface area contributed by atoms with Crippen LogP contribution in [-0.2, 0) is 47.7 Å². The number of amides is 2. The summed E-state index contributed by atoms with van der Waals surface area (Å²) in [6.07, 6.45) is 14.3. The van der Waals surface area contributed by atoms with Crippen LogP contribution in [0.3, 0.4) is 0 Å². The maximum Gasteiger partial charge on any atom is 0.308 e. The number of carbonyl (C=O) groups excluding carboxylic acids is 5. The molecule has 0 bridgehead atoms. The van der Waals surface area contributed by atoms with Crippen LogP contribution in [0.1, 0.15) is 136 Å². The molecule has 18 nitrogen and oxygen atoms in total. The van der Waals surface area contributed by atoms with Gasteiger partial charge in [-0.2, -0.15) is 8.42 Å². The van der Waals surface area contributed by atoms with Crippen molar-refractivity contribution in [1.29, 1.82) is 0 Å². The molecule has 23 heteroatoms. The molecule has 0 unspecified atom stereocenters. The Morgan fingerprint density at radius 3 is 1.16 bits per heavy atom. The van der Waals surface area contributed by atoms with Gasteiger partial charge in [-0.05, 0) is 259 Å². The van der Waals surface area contributed by atoms with Crippen LogP contribution in [0.25, 0.3) is 0 Å². The summed E-state index contributed by atoms with van der Waals surface area (Å²) in [5.74, 6) is 0.520. The molecule has 4 aliphatic rings. The summed E-state index contributed by atoms with van der Waals surface area (Å²) in [6.45, 7) is 9.42. The summed E-state index contributed by atoms with van der Waals surface area (Å²) in [4.78, 5) is 54.9. The molecule has 92 heavy (non-hydrogen) atoms. The highest BCUT2D eigenvalue weighted by Gasteiger charge is 2.32. The van der Waals surface area contributed by atoms with E-state index in [1.54, 1.807) is 88.4 Å². The van der Waals surface area contributed by atoms with Crippen LogP contribution in [0.4, 0.5) is 17.6 Å². The SMILES string of the molecule is CC(C)(N)C(N)=O.CC(C)(NCC1CCC(Oc2ccc(F)cc2)CC1)C(N)=O.COC(=O)C1CCC(OS(=O)(=O)c2ccc(C)cc2)CC1.COC(=O)C1CCC(Oc2ccc(F)cc2)CC1.O=CC1CCC(Oc2ccc(F)cc2)CC1.Oc1ccc(F)cc1. The number of aromatic hydroxyl groups is 1. The smallest absolute Gasteiger partial charge is 0.308 e. The van der Waals surface area contributed by atoms with Crippen molar-refractivity contribution in [3.63, 3.8) is 0 Å². The van der Waals surface area contributed by atoms with E-state index in [1.165, 1.54) is 74.9 Å². The number of primary amides is 2. The van der Waals surface area contributed by atoms with E-state index in [-0.39, 0.29) is 93.9 Å². The van der Waals surface area contributed by atoms with Gasteiger partial charge in [0.15, 0.2) is 0 Å². The van der Waals surface area contributed by atoms with E-state index < -0.39 is 27.1 Å². The summed E-state index contributed by atoms with van der Waals surface area (Å²) >= 11 is 0. The van der Waals surface area contributed by atoms with Crippen molar-refractivity contribution in [2.45, 2.75) is 178 Å². The number of phenolic OH excluding ortho intramolecular Hbond substituents is 1. The number of esters is 2. The van der Waals surface area contributed by atoms with E-state index in [4.69, 9.17) is 50.2 Å². The van der Waals surface area contributed by atoms with Gasteiger partial charge < -0.3 is 56.1 Å². The lowest BCUT2D eigenvalue weighted by molar-refractivity contribution is -0.147. The van der Waals surface area contributed by atoms with Gasteiger partial charge in [-0.25, -0.2) is 17.6 Å². The van der Waals surface area contributed by atoms with E-state index in [0.29, 0.717) is 43.1 Å². The Morgan fingerprint density at radius 1 is 0.522 bits per heavy atom. The number of nitrogens with two attached hydrogens (primary N) is 3. The minimum Gasteiger partial charge on any atom is -0.508 e. The minimum absolute atomic E-state index is 0.00284. The molecule has 5 aromatic rings. The van der Waals surface area contributed by atoms with Crippen molar-refractivity contribution >= 4 is 40.2 Å². The van der Waals surface area contributed by atoms with E-state index in [2.05, 4.69) is 5.32 Å². The third-order valence-corrected chi connectivity index (χ3v) is 17.3. The van der Waals surface area contributed by atoms with Gasteiger partial charge >= 0.3 is 11.9 Å². The summed E-state index contributed by atoms with van der Waals surface area (Å²) in [5.41, 5.74) is 14.8. The van der Waals surface area contributed by atoms with E-state index in [9.17, 15) is 50.0 Å². The number of hydrogen-bond donors (Lipinski definition) is 5. The van der Waals surface area contributed by atoms with Gasteiger partial charge in [0, 0.05) is 5.92 Å². The first-order valence-corrected chi connectivity index (χ1v) is 32.4. The Balaban J connectivity index is 0.000000244. The van der Waals surface area contributed by atoms with Crippen LogP contribution in [-0.4, -0.2) is 99.8 Å². The normalized spacial score (nSPS) is 21.1. The van der Waals surface area contributed by atoms with Gasteiger partial charge in [-0.1, -0.05) is 17.7 Å². The fraction of sp³-hybridized carbons (Fsp3) is 0.493. The topological polar surface area (TPSA) is 285 Å². The Labute approximate surface area is 538 Å². The number of carbonyl (C=O) groups is 5. The largest absolute Gasteiger partial charge is 0.508 e. The van der Waals surface area contributed by atoms with Crippen LogP contribution in [0.15, 0.2) is 126 Å². The number of hydrogen-bond acceptors (Lipinski definition) is 16. The van der Waals surface area contributed by atoms with E-state index >= 15 is 0 Å². The molecule has 0 saturated heterocycles. The molecule has 506 valence electrons. The second-order valence-corrected chi connectivity index (χ2v) is 25.9. The molecular weight excluding hydrogens is 1220 g/mol. The molecule has 0 spiro atoms. The summed E-state index contributed by atoms with van der Waals surface area (Å²) < 4.78 is 107. The lowest BCUT2D eigenvalue weighted by atomic mass is 9.86. The van der Waals surface area contributed by atoms with Crippen molar-refractivity contribution in [2.24, 2.45) is 40.9 Å². The zero-order valence-corrected chi connectivity index (χ0v) is 54.5. The van der Waals surface area contributed by atoms with Gasteiger partial charge in [0.25, 0.3) is 10.1 Å². The van der Waals surface area contributed by atoms with Crippen LogP contribution in [0, 0.1) is 53.9 Å². The van der Waals surface area contributed by atoms with Crippen molar-refractivity contribution in [3.8, 4) is 23.0 Å². The molecule has 0 aromatic heterocycles. The molecule has 8 N–H and O–H groups in total. The monoisotopic (exact) mass is 1310 g/mol. The Hall–Kier alpha value is -7.60. The maximum absolute atomic E-state index is 12.9. The zero-order valence-electron chi connectivity index (χ0n) is 53.7. The van der Waals surface area contributed by atoms with Crippen LogP contribution in [0.5, 0.6) is 23.0 Å². The van der Waals surface area contributed by atoms with Crippen LogP contribution < -0.4 is 36.7 Å². The maximum atomic E-state index is 12.9. The first-order valence-electron chi connectivity index (χ1n) is 30.9. The minimum atomic E-state index is -3.74. The molecule has 4 saturated carbocycles. The van der Waals surface area contributed by atoms with Crippen molar-refractivity contribution < 1.29 is 82.9 Å². The first kappa shape index (κ1) is 76.9. The van der Waals surface area contributed by atoms with Crippen LogP contribution in [0.2, 0.25) is 0 Å². The summed E-state index contributed by atoms with van der Waals surface area (Å²) in [7, 11) is -0.948. The predicted octanol–water partition coefficient (Wildman–Crippen LogP) is 11.7. The van der Waals surface area contributed by atoms with Gasteiger partial charge in [0.1, 0.15) is 52.6 Å². The first-order chi connectivity index (χ1) is 43.5. The van der Waals surface area contributed by atoms with E-state index in [0.717, 1.165) is 101 Å². The number of halogens is 4. The second kappa shape index (κ2) is 38.4. The zero-order chi connectivity index (χ0) is 68.0. The molecule has 9 rings (SSSR count). The van der Waals surface area contributed by atoms with Crippen molar-refractivity contribution in [3.05, 3.63) is 150 Å². The number of methoxy groups -OCH3 is 2. The summed E-state index contributed by atoms with van der Waals surface area (Å²) in [5, 5.41) is 11.8. The highest BCUT2D eigenvalue weighted by molar-refractivity contribution is 7.86. The quantitative estimate of drug-likeness (QED) is 0.0250. The van der Waals surface area contributed by atoms with Crippen LogP contribution >= 0.6 is 0 Å². The third-order valence-electron chi connectivity index (χ3n) is 16.0. The van der Waals surface area contributed by atoms with Gasteiger partial charge in [0.2, 0.25) is 11.8 Å². The highest BCUT2D eigenvalue weighted by Crippen LogP contribution is 2.32. The molecule has 0 aliphatic heterocycles. The van der Waals surface area contributed by atoms with Gasteiger partial charge in [-0.3, -0.25) is 23.4 Å². The number of nitrogens with one attached hydrogen (secondary N) is 1. The standard InChI is InChI=1S/C17H25FN2O2.C15H20O5S.C14H17FO3.C13H15FO2.C6H5FO.C4H10N2O/c1-17(2,16(19)21)20-11-12-3-7-14(8-4-12)22-15-9-5-13(18)6-10-15;1-11-3-9-14(10-4-11)21(17,18)20-13-7-5-12(6-8-13)15(16)19-2;1-17-14(16)10-2-6-12(7-3-10)18-13-8-4-11(15)5-9-13;14-11-3-7-13(8-4-11)16-12-5-1-10(9-15)2-6-12;7-5-1-3-6(8)4-2-5;1-4(2,6)3(5)7/h5-6,9-10,12,14,20H,3-4,7-8,11H2,1-2H3,(H2,19,21);3-4,9-10,12-13H,5-8H2,1-2H3;4-5,8-10,12H,2-3,6-7H2,1H3;3-4,7-10,12H,1-2,5-6H2;1-4,8H;6H2,1-2H3,(H2,5,7). The molecule has 4 fully saturated rings. The van der Waals surface area contributed by atoms with E-state index in [1.807, 2.05) is 6.92 Å². The predicted molar refractivity (Wildman–Crippen MR) is 340 cm³/mol. The number of aryl methyl sites for hydroxylation is 1. The molecule has 0 heterocycles. The number of rotatable bonds is 17. The number of phenols is 1. The molecule has 0 radical (unpaired) electrons. The molecule has 4 aliphatic carbocycles. The highest BCUT2D eigenvalue weighted by atomic mass is 32.2.